The molecule has 2 aromatic rings. The molecule has 0 spiro atoms. The van der Waals surface area contributed by atoms with E-state index in [1.807, 2.05) is 54.6 Å². The van der Waals surface area contributed by atoms with Gasteiger partial charge in [-0.05, 0) is 23.0 Å². The molecule has 26 heavy (non-hydrogen) atoms. The van der Waals surface area contributed by atoms with Gasteiger partial charge in [0.2, 0.25) is 0 Å². The molecule has 0 unspecified atom stereocenters. The Morgan fingerprint density at radius 3 is 2.27 bits per heavy atom. The van der Waals surface area contributed by atoms with E-state index < -0.39 is 5.97 Å². The molecule has 0 bridgehead atoms. The van der Waals surface area contributed by atoms with Gasteiger partial charge in [-0.15, -0.1) is 0 Å². The van der Waals surface area contributed by atoms with Crippen molar-refractivity contribution in [1.29, 1.82) is 0 Å². The van der Waals surface area contributed by atoms with Gasteiger partial charge in [0.05, 0.1) is 0 Å². The molecule has 1 heterocycles. The lowest BCUT2D eigenvalue weighted by molar-refractivity contribution is -0.137. The molecule has 4 nitrogen and oxygen atoms in total. The number of carbonyl (C=O) groups is 2. The number of benzene rings is 2. The predicted octanol–water partition coefficient (Wildman–Crippen LogP) is 4.24. The summed E-state index contributed by atoms with van der Waals surface area (Å²) in [7, 11) is 0. The van der Waals surface area contributed by atoms with Crippen molar-refractivity contribution < 1.29 is 14.7 Å². The number of hydrogen-bond acceptors (Lipinski definition) is 3. The summed E-state index contributed by atoms with van der Waals surface area (Å²) in [5.74, 6) is -0.971. The third kappa shape index (κ3) is 4.20. The lowest BCUT2D eigenvalue weighted by atomic mass is 9.92. The molecule has 0 aliphatic carbocycles. The minimum atomic E-state index is -0.881. The Morgan fingerprint density at radius 2 is 1.65 bits per heavy atom. The summed E-state index contributed by atoms with van der Waals surface area (Å²) in [4.78, 5) is 25.5. The number of ketones is 1. The van der Waals surface area contributed by atoms with Crippen LogP contribution in [-0.4, -0.2) is 34.8 Å². The van der Waals surface area contributed by atoms with Gasteiger partial charge in [-0.25, -0.2) is 0 Å². The summed E-state index contributed by atoms with van der Waals surface area (Å²) in [6, 6.07) is 17.5. The lowest BCUT2D eigenvalue weighted by Gasteiger charge is -2.19. The number of likely N-dealkylation sites (tertiary alicyclic amines) is 1. The first-order valence-electron chi connectivity index (χ1n) is 8.71. The van der Waals surface area contributed by atoms with Crippen LogP contribution in [0.25, 0.3) is 11.1 Å². The Hall–Kier alpha value is -2.88. The van der Waals surface area contributed by atoms with E-state index in [1.54, 1.807) is 11.0 Å². The van der Waals surface area contributed by atoms with Gasteiger partial charge >= 0.3 is 5.97 Å². The second-order valence-corrected chi connectivity index (χ2v) is 7.53. The van der Waals surface area contributed by atoms with Gasteiger partial charge in [-0.1, -0.05) is 68.4 Å². The van der Waals surface area contributed by atoms with E-state index in [4.69, 9.17) is 5.11 Å². The van der Waals surface area contributed by atoms with Gasteiger partial charge in [0.25, 0.3) is 0 Å². The fraction of sp³-hybridized carbons (Fsp3) is 0.273. The quantitative estimate of drug-likeness (QED) is 0.648. The monoisotopic (exact) mass is 349 g/mol. The average Bonchev–Trinajstić information content (AvgIpc) is 2.88. The number of hydrogen-bond donors (Lipinski definition) is 1. The van der Waals surface area contributed by atoms with Crippen molar-refractivity contribution >= 4 is 11.8 Å². The largest absolute Gasteiger partial charge is 0.480 e. The van der Waals surface area contributed by atoms with Crippen LogP contribution in [0.5, 0.6) is 0 Å². The summed E-state index contributed by atoms with van der Waals surface area (Å²) >= 11 is 0. The van der Waals surface area contributed by atoms with Crippen LogP contribution in [0, 0.1) is 5.41 Å². The maximum Gasteiger partial charge on any atom is 0.323 e. The number of nitrogens with zero attached hydrogens (tertiary/aromatic N) is 1. The Kier molecular flexibility index (Phi) is 4.94. The summed E-state index contributed by atoms with van der Waals surface area (Å²) in [6.45, 7) is 4.74. The van der Waals surface area contributed by atoms with Gasteiger partial charge < -0.3 is 10.0 Å². The van der Waals surface area contributed by atoms with Crippen molar-refractivity contribution in [3.63, 3.8) is 0 Å². The minimum absolute atomic E-state index is 0.0290. The van der Waals surface area contributed by atoms with Crippen molar-refractivity contribution in [2.45, 2.75) is 20.3 Å². The molecule has 1 fully saturated rings. The van der Waals surface area contributed by atoms with E-state index in [1.165, 1.54) is 0 Å². The van der Waals surface area contributed by atoms with Crippen LogP contribution in [0.3, 0.4) is 0 Å². The fourth-order valence-corrected chi connectivity index (χ4v) is 3.43. The molecule has 0 radical (unpaired) electrons. The Bertz CT molecular complexity index is 835. The molecule has 1 aliphatic rings. The smallest absolute Gasteiger partial charge is 0.323 e. The summed E-state index contributed by atoms with van der Waals surface area (Å²) in [5.41, 5.74) is 3.55. The molecule has 0 saturated carbocycles. The van der Waals surface area contributed by atoms with E-state index >= 15 is 0 Å². The van der Waals surface area contributed by atoms with Crippen LogP contribution in [0.2, 0.25) is 0 Å². The number of carboxylic acid groups (broad SMARTS) is 1. The predicted molar refractivity (Wildman–Crippen MR) is 102 cm³/mol. The first kappa shape index (κ1) is 17.9. The second-order valence-electron chi connectivity index (χ2n) is 7.53. The molecule has 3 rings (SSSR count). The molecule has 4 heteroatoms. The standard InChI is InChI=1S/C22H23NO3/c1-22(2)13-19(23(15-22)14-21(25)26)12-20(24)18-10-8-17(9-11-18)16-6-4-3-5-7-16/h3-12H,13-15H2,1-2H3,(H,25,26)/b19-12-. The van der Waals surface area contributed by atoms with Crippen LogP contribution < -0.4 is 0 Å². The molecule has 0 atom stereocenters. The van der Waals surface area contributed by atoms with E-state index in [-0.39, 0.29) is 17.7 Å². The van der Waals surface area contributed by atoms with Crippen molar-refractivity contribution in [3.05, 3.63) is 71.9 Å². The highest BCUT2D eigenvalue weighted by Gasteiger charge is 2.34. The minimum Gasteiger partial charge on any atom is -0.480 e. The molecule has 0 amide bonds. The zero-order valence-electron chi connectivity index (χ0n) is 15.1. The number of rotatable bonds is 5. The summed E-state index contributed by atoms with van der Waals surface area (Å²) in [6.07, 6.45) is 2.29. The van der Waals surface area contributed by atoms with Gasteiger partial charge in [-0.2, -0.15) is 0 Å². The van der Waals surface area contributed by atoms with E-state index in [0.717, 1.165) is 16.8 Å². The van der Waals surface area contributed by atoms with Crippen molar-refractivity contribution in [2.75, 3.05) is 13.1 Å². The Balaban J connectivity index is 1.80. The topological polar surface area (TPSA) is 57.6 Å². The van der Waals surface area contributed by atoms with Gasteiger partial charge in [-0.3, -0.25) is 9.59 Å². The zero-order chi connectivity index (χ0) is 18.7. The lowest BCUT2D eigenvalue weighted by Crippen LogP contribution is -2.28. The van der Waals surface area contributed by atoms with Crippen LogP contribution >= 0.6 is 0 Å². The summed E-state index contributed by atoms with van der Waals surface area (Å²) in [5, 5.41) is 9.10. The second kappa shape index (κ2) is 7.16. The highest BCUT2D eigenvalue weighted by molar-refractivity contribution is 6.05. The Morgan fingerprint density at radius 1 is 1.04 bits per heavy atom. The highest BCUT2D eigenvalue weighted by Crippen LogP contribution is 2.36. The average molecular weight is 349 g/mol. The maximum absolute atomic E-state index is 12.6. The van der Waals surface area contributed by atoms with Crippen LogP contribution in [0.1, 0.15) is 30.6 Å². The van der Waals surface area contributed by atoms with Crippen LogP contribution in [0.15, 0.2) is 66.4 Å². The molecule has 1 N–H and O–H groups in total. The molecule has 2 aromatic carbocycles. The molecule has 1 aliphatic heterocycles. The van der Waals surface area contributed by atoms with E-state index in [2.05, 4.69) is 13.8 Å². The Labute approximate surface area is 153 Å². The van der Waals surface area contributed by atoms with Crippen LogP contribution in [0.4, 0.5) is 0 Å². The number of carbonyl (C=O) groups excluding carboxylic acids is 1. The maximum atomic E-state index is 12.6. The van der Waals surface area contributed by atoms with Gasteiger partial charge in [0, 0.05) is 23.9 Å². The first-order chi connectivity index (χ1) is 12.3. The van der Waals surface area contributed by atoms with Crippen molar-refractivity contribution in [2.24, 2.45) is 5.41 Å². The van der Waals surface area contributed by atoms with Gasteiger partial charge in [0.15, 0.2) is 5.78 Å². The first-order valence-corrected chi connectivity index (χ1v) is 8.71. The third-order valence-electron chi connectivity index (χ3n) is 4.59. The third-order valence-corrected chi connectivity index (χ3v) is 4.59. The number of allylic oxidation sites excluding steroid dienone is 2. The fourth-order valence-electron chi connectivity index (χ4n) is 3.43. The molecular weight excluding hydrogens is 326 g/mol. The van der Waals surface area contributed by atoms with Crippen molar-refractivity contribution in [1.82, 2.24) is 4.90 Å². The number of aliphatic carboxylic acids is 1. The molecular formula is C22H23NO3. The van der Waals surface area contributed by atoms with Crippen LogP contribution in [-0.2, 0) is 4.79 Å². The molecule has 0 aromatic heterocycles. The highest BCUT2D eigenvalue weighted by atomic mass is 16.4. The van der Waals surface area contributed by atoms with E-state index in [9.17, 15) is 9.59 Å². The molecule has 1 saturated heterocycles. The van der Waals surface area contributed by atoms with Gasteiger partial charge in [0.1, 0.15) is 6.54 Å². The SMILES string of the molecule is CC1(C)C/C(=C/C(=O)c2ccc(-c3ccccc3)cc2)N(CC(=O)O)C1. The number of carboxylic acids is 1. The molecule has 134 valence electrons. The van der Waals surface area contributed by atoms with E-state index in [0.29, 0.717) is 18.5 Å². The normalized spacial score (nSPS) is 17.5. The zero-order valence-corrected chi connectivity index (χ0v) is 15.1. The van der Waals surface area contributed by atoms with Crippen molar-refractivity contribution in [3.8, 4) is 11.1 Å². The summed E-state index contributed by atoms with van der Waals surface area (Å²) < 4.78 is 0.